The topological polar surface area (TPSA) is 92.6 Å². The molecule has 1 aromatic rings. The van der Waals surface area contributed by atoms with Crippen molar-refractivity contribution in [1.29, 1.82) is 0 Å². The van der Waals surface area contributed by atoms with Gasteiger partial charge in [0.25, 0.3) is 5.69 Å². The minimum absolute atomic E-state index is 0.0480. The van der Waals surface area contributed by atoms with Crippen molar-refractivity contribution in [2.75, 3.05) is 12.8 Å². The summed E-state index contributed by atoms with van der Waals surface area (Å²) in [5.41, 5.74) is 7.22. The highest BCUT2D eigenvalue weighted by Gasteiger charge is 2.27. The van der Waals surface area contributed by atoms with Crippen molar-refractivity contribution in [2.45, 2.75) is 44.4 Å². The zero-order valence-corrected chi connectivity index (χ0v) is 11.7. The van der Waals surface area contributed by atoms with Crippen LogP contribution in [0.1, 0.15) is 31.2 Å². The lowest BCUT2D eigenvalue weighted by Crippen LogP contribution is -2.42. The molecule has 0 saturated heterocycles. The number of nitrogen functional groups attached to an aromatic ring is 1. The van der Waals surface area contributed by atoms with E-state index < -0.39 is 4.92 Å². The predicted molar refractivity (Wildman–Crippen MR) is 77.2 cm³/mol. The molecule has 0 aromatic heterocycles. The van der Waals surface area contributed by atoms with Gasteiger partial charge in [0, 0.05) is 30.4 Å². The Kier molecular flexibility index (Phi) is 4.57. The maximum atomic E-state index is 10.8. The monoisotopic (exact) mass is 279 g/mol. The molecule has 0 amide bonds. The van der Waals surface area contributed by atoms with Crippen LogP contribution in [-0.2, 0) is 6.54 Å². The van der Waals surface area contributed by atoms with Gasteiger partial charge in [-0.3, -0.25) is 15.0 Å². The first-order chi connectivity index (χ1) is 9.49. The van der Waals surface area contributed by atoms with Crippen LogP contribution in [0.15, 0.2) is 18.2 Å². The second-order valence-electron chi connectivity index (χ2n) is 5.47. The summed E-state index contributed by atoms with van der Waals surface area (Å²) < 4.78 is 0. The van der Waals surface area contributed by atoms with E-state index in [2.05, 4.69) is 0 Å². The van der Waals surface area contributed by atoms with E-state index in [1.165, 1.54) is 12.1 Å². The van der Waals surface area contributed by atoms with Gasteiger partial charge in [-0.2, -0.15) is 0 Å². The lowest BCUT2D eigenvalue weighted by molar-refractivity contribution is -0.384. The molecule has 3 N–H and O–H groups in total. The fourth-order valence-electron chi connectivity index (χ4n) is 2.83. The second kappa shape index (κ2) is 6.19. The van der Waals surface area contributed by atoms with Crippen molar-refractivity contribution in [3.63, 3.8) is 0 Å². The standard InChI is InChI=1S/C14H21N3O3/c1-16(13-4-2-3-5-14(13)18)9-10-8-11(17(19)20)6-7-12(10)15/h6-8,13-14,18H,2-5,9,15H2,1H3. The SMILES string of the molecule is CN(Cc1cc([N+](=O)[O-])ccc1N)C1CCCCC1O. The second-order valence-corrected chi connectivity index (χ2v) is 5.47. The van der Waals surface area contributed by atoms with E-state index in [1.54, 1.807) is 6.07 Å². The van der Waals surface area contributed by atoms with Gasteiger partial charge in [0.1, 0.15) is 0 Å². The summed E-state index contributed by atoms with van der Waals surface area (Å²) in [6.45, 7) is 0.509. The van der Waals surface area contributed by atoms with E-state index in [9.17, 15) is 15.2 Å². The molecule has 1 aliphatic rings. The van der Waals surface area contributed by atoms with Crippen molar-refractivity contribution < 1.29 is 10.0 Å². The van der Waals surface area contributed by atoms with Gasteiger partial charge < -0.3 is 10.8 Å². The molecule has 2 atom stereocenters. The Morgan fingerprint density at radius 1 is 1.45 bits per heavy atom. The lowest BCUT2D eigenvalue weighted by Gasteiger charge is -2.35. The Labute approximate surface area is 118 Å². The van der Waals surface area contributed by atoms with Gasteiger partial charge in [0.2, 0.25) is 0 Å². The van der Waals surface area contributed by atoms with E-state index in [4.69, 9.17) is 5.73 Å². The molecular weight excluding hydrogens is 258 g/mol. The smallest absolute Gasteiger partial charge is 0.269 e. The highest BCUT2D eigenvalue weighted by atomic mass is 16.6. The van der Waals surface area contributed by atoms with Crippen LogP contribution >= 0.6 is 0 Å². The number of nitro groups is 1. The van der Waals surface area contributed by atoms with Crippen LogP contribution in [0.4, 0.5) is 11.4 Å². The highest BCUT2D eigenvalue weighted by molar-refractivity contribution is 5.52. The number of non-ortho nitro benzene ring substituents is 1. The van der Waals surface area contributed by atoms with Crippen LogP contribution in [0.3, 0.4) is 0 Å². The first kappa shape index (κ1) is 14.7. The summed E-state index contributed by atoms with van der Waals surface area (Å²) in [6.07, 6.45) is 3.61. The Hall–Kier alpha value is -1.66. The fraction of sp³-hybridized carbons (Fsp3) is 0.571. The van der Waals surface area contributed by atoms with Gasteiger partial charge >= 0.3 is 0 Å². The van der Waals surface area contributed by atoms with Crippen LogP contribution in [0.5, 0.6) is 0 Å². The number of likely N-dealkylation sites (N-methyl/N-ethyl adjacent to an activating group) is 1. The van der Waals surface area contributed by atoms with Gasteiger partial charge in [0.15, 0.2) is 0 Å². The Bertz CT molecular complexity index is 493. The predicted octanol–water partition coefficient (Wildman–Crippen LogP) is 1.91. The molecule has 2 rings (SSSR count). The van der Waals surface area contributed by atoms with Crippen LogP contribution in [0.2, 0.25) is 0 Å². The van der Waals surface area contributed by atoms with E-state index >= 15 is 0 Å². The molecule has 0 radical (unpaired) electrons. The van der Waals surface area contributed by atoms with E-state index in [0.717, 1.165) is 31.2 Å². The van der Waals surface area contributed by atoms with Crippen LogP contribution < -0.4 is 5.73 Å². The summed E-state index contributed by atoms with van der Waals surface area (Å²) in [5, 5.41) is 20.9. The molecule has 1 aliphatic carbocycles. The number of aliphatic hydroxyl groups excluding tert-OH is 1. The van der Waals surface area contributed by atoms with Crippen molar-refractivity contribution >= 4 is 11.4 Å². The molecule has 0 spiro atoms. The normalized spacial score (nSPS) is 22.9. The Morgan fingerprint density at radius 2 is 2.15 bits per heavy atom. The molecule has 6 nitrogen and oxygen atoms in total. The summed E-state index contributed by atoms with van der Waals surface area (Å²) in [6, 6.07) is 4.59. The maximum absolute atomic E-state index is 10.8. The highest BCUT2D eigenvalue weighted by Crippen LogP contribution is 2.26. The van der Waals surface area contributed by atoms with Gasteiger partial charge in [-0.1, -0.05) is 12.8 Å². The number of benzene rings is 1. The zero-order chi connectivity index (χ0) is 14.7. The van der Waals surface area contributed by atoms with Crippen molar-refractivity contribution in [3.05, 3.63) is 33.9 Å². The average Bonchev–Trinajstić information content (AvgIpc) is 2.41. The first-order valence-corrected chi connectivity index (χ1v) is 6.90. The summed E-state index contributed by atoms with van der Waals surface area (Å²) in [5.74, 6) is 0. The number of hydrogen-bond donors (Lipinski definition) is 2. The number of rotatable bonds is 4. The lowest BCUT2D eigenvalue weighted by atomic mass is 9.91. The molecule has 0 heterocycles. The molecule has 1 fully saturated rings. The molecular formula is C14H21N3O3. The van der Waals surface area contributed by atoms with Crippen LogP contribution in [-0.4, -0.2) is 34.1 Å². The fourth-order valence-corrected chi connectivity index (χ4v) is 2.83. The van der Waals surface area contributed by atoms with Crippen molar-refractivity contribution in [2.24, 2.45) is 0 Å². The zero-order valence-electron chi connectivity index (χ0n) is 11.7. The molecule has 0 aliphatic heterocycles. The summed E-state index contributed by atoms with van der Waals surface area (Å²) >= 11 is 0. The Morgan fingerprint density at radius 3 is 2.80 bits per heavy atom. The summed E-state index contributed by atoms with van der Waals surface area (Å²) in [7, 11) is 1.93. The Balaban J connectivity index is 2.12. The largest absolute Gasteiger partial charge is 0.398 e. The van der Waals surface area contributed by atoms with E-state index in [-0.39, 0.29) is 17.8 Å². The van der Waals surface area contributed by atoms with E-state index in [1.807, 2.05) is 11.9 Å². The van der Waals surface area contributed by atoms with Gasteiger partial charge in [-0.05, 0) is 31.5 Å². The third-order valence-electron chi connectivity index (χ3n) is 4.02. The number of hydrogen-bond acceptors (Lipinski definition) is 5. The first-order valence-electron chi connectivity index (χ1n) is 6.90. The number of anilines is 1. The number of nitrogens with zero attached hydrogens (tertiary/aromatic N) is 2. The maximum Gasteiger partial charge on any atom is 0.269 e. The molecule has 1 aromatic carbocycles. The third kappa shape index (κ3) is 3.26. The molecule has 6 heteroatoms. The summed E-state index contributed by atoms with van der Waals surface area (Å²) in [4.78, 5) is 12.4. The number of aliphatic hydroxyl groups is 1. The average molecular weight is 279 g/mol. The van der Waals surface area contributed by atoms with Gasteiger partial charge in [-0.15, -0.1) is 0 Å². The molecule has 0 bridgehead atoms. The van der Waals surface area contributed by atoms with Gasteiger partial charge in [0.05, 0.1) is 11.0 Å². The van der Waals surface area contributed by atoms with Crippen LogP contribution in [0, 0.1) is 10.1 Å². The molecule has 2 unspecified atom stereocenters. The molecule has 20 heavy (non-hydrogen) atoms. The third-order valence-corrected chi connectivity index (χ3v) is 4.02. The number of nitro benzene ring substituents is 1. The molecule has 110 valence electrons. The quantitative estimate of drug-likeness (QED) is 0.499. The van der Waals surface area contributed by atoms with E-state index in [0.29, 0.717) is 12.2 Å². The van der Waals surface area contributed by atoms with Gasteiger partial charge in [-0.25, -0.2) is 0 Å². The minimum Gasteiger partial charge on any atom is -0.398 e. The minimum atomic E-state index is -0.418. The number of nitrogens with two attached hydrogens (primary N) is 1. The van der Waals surface area contributed by atoms with Crippen molar-refractivity contribution in [1.82, 2.24) is 4.90 Å². The van der Waals surface area contributed by atoms with Crippen LogP contribution in [0.25, 0.3) is 0 Å². The van der Waals surface area contributed by atoms with Crippen molar-refractivity contribution in [3.8, 4) is 0 Å². The molecule has 1 saturated carbocycles.